The molecule has 1 saturated heterocycles. The molecule has 0 saturated carbocycles. The molecule has 4 nitrogen and oxygen atoms in total. The summed E-state index contributed by atoms with van der Waals surface area (Å²) in [5.41, 5.74) is 2.33. The van der Waals surface area contributed by atoms with Crippen LogP contribution >= 0.6 is 0 Å². The fraction of sp³-hybridized carbons (Fsp3) is 0.647. The second-order valence-corrected chi connectivity index (χ2v) is 5.74. The number of likely N-dealkylation sites (tertiary alicyclic amines) is 1. The molecule has 2 rings (SSSR count). The lowest BCUT2D eigenvalue weighted by molar-refractivity contribution is 0.118. The minimum atomic E-state index is 0.251. The largest absolute Gasteiger partial charge is 0.496 e. The van der Waals surface area contributed by atoms with Gasteiger partial charge in [0.2, 0.25) is 0 Å². The molecule has 0 unspecified atom stereocenters. The van der Waals surface area contributed by atoms with Crippen LogP contribution in [0.2, 0.25) is 0 Å². The van der Waals surface area contributed by atoms with E-state index in [1.54, 1.807) is 14.2 Å². The Balaban J connectivity index is 2.11. The molecule has 0 bridgehead atoms. The van der Waals surface area contributed by atoms with Crippen LogP contribution in [-0.2, 0) is 17.9 Å². The Morgan fingerprint density at radius 2 is 2.10 bits per heavy atom. The van der Waals surface area contributed by atoms with Crippen molar-refractivity contribution in [3.8, 4) is 5.75 Å². The molecule has 0 amide bonds. The van der Waals surface area contributed by atoms with Crippen molar-refractivity contribution in [3.05, 3.63) is 29.3 Å². The summed E-state index contributed by atoms with van der Waals surface area (Å²) >= 11 is 0. The number of aliphatic hydroxyl groups is 1. The summed E-state index contributed by atoms with van der Waals surface area (Å²) in [5, 5.41) is 9.60. The van der Waals surface area contributed by atoms with Gasteiger partial charge in [-0.1, -0.05) is 18.9 Å². The van der Waals surface area contributed by atoms with E-state index in [0.717, 1.165) is 30.8 Å². The van der Waals surface area contributed by atoms with Crippen LogP contribution in [0.3, 0.4) is 0 Å². The molecule has 0 aliphatic carbocycles. The molecule has 1 N–H and O–H groups in total. The van der Waals surface area contributed by atoms with Gasteiger partial charge in [0, 0.05) is 25.3 Å². The van der Waals surface area contributed by atoms with Crippen LogP contribution < -0.4 is 4.74 Å². The topological polar surface area (TPSA) is 41.9 Å². The number of methoxy groups -OCH3 is 2. The Hall–Kier alpha value is -1.10. The van der Waals surface area contributed by atoms with Gasteiger partial charge < -0.3 is 14.6 Å². The number of nitrogens with zero attached hydrogens (tertiary/aromatic N) is 1. The molecule has 21 heavy (non-hydrogen) atoms. The molecule has 4 heteroatoms. The molecule has 0 radical (unpaired) electrons. The van der Waals surface area contributed by atoms with Crippen molar-refractivity contribution in [2.45, 2.75) is 44.9 Å². The highest BCUT2D eigenvalue weighted by Crippen LogP contribution is 2.24. The van der Waals surface area contributed by atoms with Gasteiger partial charge in [0.25, 0.3) is 0 Å². The molecular weight excluding hydrogens is 266 g/mol. The van der Waals surface area contributed by atoms with Crippen LogP contribution in [0, 0.1) is 0 Å². The van der Waals surface area contributed by atoms with E-state index in [4.69, 9.17) is 9.47 Å². The van der Waals surface area contributed by atoms with Gasteiger partial charge in [-0.2, -0.15) is 0 Å². The molecule has 118 valence electrons. The zero-order chi connectivity index (χ0) is 15.1. The summed E-state index contributed by atoms with van der Waals surface area (Å²) in [6.45, 7) is 2.75. The van der Waals surface area contributed by atoms with Crippen LogP contribution in [0.5, 0.6) is 5.75 Å². The van der Waals surface area contributed by atoms with Gasteiger partial charge in [0.05, 0.1) is 20.3 Å². The summed E-state index contributed by atoms with van der Waals surface area (Å²) in [4.78, 5) is 2.41. The SMILES string of the molecule is COCc1cc(CN2CCCCC[C@H]2CO)ccc1OC. The summed E-state index contributed by atoms with van der Waals surface area (Å²) in [6, 6.07) is 6.56. The Bertz CT molecular complexity index is 436. The Morgan fingerprint density at radius 3 is 2.81 bits per heavy atom. The third-order valence-electron chi connectivity index (χ3n) is 4.24. The van der Waals surface area contributed by atoms with Crippen LogP contribution in [0.25, 0.3) is 0 Å². The molecule has 1 fully saturated rings. The van der Waals surface area contributed by atoms with E-state index < -0.39 is 0 Å². The smallest absolute Gasteiger partial charge is 0.124 e. The Kier molecular flexibility index (Phi) is 6.49. The summed E-state index contributed by atoms with van der Waals surface area (Å²) in [6.07, 6.45) is 4.80. The van der Waals surface area contributed by atoms with Crippen LogP contribution in [0.15, 0.2) is 18.2 Å². The standard InChI is InChI=1S/C17H27NO3/c1-20-13-15-10-14(7-8-17(15)21-2)11-18-9-5-3-4-6-16(18)12-19/h7-8,10,16,19H,3-6,9,11-13H2,1-2H3/t16-/m0/s1. The van der Waals surface area contributed by atoms with Gasteiger partial charge in [-0.25, -0.2) is 0 Å². The van der Waals surface area contributed by atoms with Crippen molar-refractivity contribution in [2.24, 2.45) is 0 Å². The lowest BCUT2D eigenvalue weighted by Gasteiger charge is -2.28. The van der Waals surface area contributed by atoms with Gasteiger partial charge in [-0.05, 0) is 37.1 Å². The van der Waals surface area contributed by atoms with Crippen molar-refractivity contribution in [2.75, 3.05) is 27.4 Å². The predicted octanol–water partition coefficient (Wildman–Crippen LogP) is 2.58. The van der Waals surface area contributed by atoms with E-state index in [0.29, 0.717) is 12.6 Å². The Labute approximate surface area is 127 Å². The van der Waals surface area contributed by atoms with E-state index in [2.05, 4.69) is 17.0 Å². The highest BCUT2D eigenvalue weighted by Gasteiger charge is 2.20. The summed E-state index contributed by atoms with van der Waals surface area (Å²) < 4.78 is 10.6. The van der Waals surface area contributed by atoms with E-state index in [1.807, 2.05) is 6.07 Å². The third kappa shape index (κ3) is 4.43. The average molecular weight is 293 g/mol. The molecular formula is C17H27NO3. The van der Waals surface area contributed by atoms with E-state index in [9.17, 15) is 5.11 Å². The van der Waals surface area contributed by atoms with Crippen LogP contribution in [0.1, 0.15) is 36.8 Å². The zero-order valence-electron chi connectivity index (χ0n) is 13.2. The van der Waals surface area contributed by atoms with Crippen molar-refractivity contribution in [1.82, 2.24) is 4.90 Å². The van der Waals surface area contributed by atoms with Gasteiger partial charge >= 0.3 is 0 Å². The van der Waals surface area contributed by atoms with E-state index in [1.165, 1.54) is 24.8 Å². The van der Waals surface area contributed by atoms with Gasteiger partial charge in [-0.3, -0.25) is 4.90 Å². The number of hydrogen-bond acceptors (Lipinski definition) is 4. The molecule has 1 aromatic carbocycles. The highest BCUT2D eigenvalue weighted by molar-refractivity contribution is 5.37. The first-order valence-corrected chi connectivity index (χ1v) is 7.78. The summed E-state index contributed by atoms with van der Waals surface area (Å²) in [5.74, 6) is 0.871. The third-order valence-corrected chi connectivity index (χ3v) is 4.24. The number of ether oxygens (including phenoxy) is 2. The fourth-order valence-electron chi connectivity index (χ4n) is 3.08. The quantitative estimate of drug-likeness (QED) is 0.875. The maximum Gasteiger partial charge on any atom is 0.124 e. The highest BCUT2D eigenvalue weighted by atomic mass is 16.5. The van der Waals surface area contributed by atoms with E-state index in [-0.39, 0.29) is 6.61 Å². The number of hydrogen-bond donors (Lipinski definition) is 1. The van der Waals surface area contributed by atoms with Crippen LogP contribution in [0.4, 0.5) is 0 Å². The maximum atomic E-state index is 9.60. The first kappa shape index (κ1) is 16.3. The second kappa shape index (κ2) is 8.37. The van der Waals surface area contributed by atoms with Crippen LogP contribution in [-0.4, -0.2) is 43.4 Å². The fourth-order valence-corrected chi connectivity index (χ4v) is 3.08. The molecule has 0 spiro atoms. The van der Waals surface area contributed by atoms with Crippen molar-refractivity contribution < 1.29 is 14.6 Å². The second-order valence-electron chi connectivity index (χ2n) is 5.74. The lowest BCUT2D eigenvalue weighted by atomic mass is 10.1. The first-order valence-electron chi connectivity index (χ1n) is 7.78. The van der Waals surface area contributed by atoms with Crippen molar-refractivity contribution in [1.29, 1.82) is 0 Å². The molecule has 1 aliphatic heterocycles. The maximum absolute atomic E-state index is 9.60. The van der Waals surface area contributed by atoms with Gasteiger partial charge in [0.1, 0.15) is 5.75 Å². The number of rotatable bonds is 6. The molecule has 1 heterocycles. The van der Waals surface area contributed by atoms with Crippen molar-refractivity contribution >= 4 is 0 Å². The van der Waals surface area contributed by atoms with E-state index >= 15 is 0 Å². The monoisotopic (exact) mass is 293 g/mol. The molecule has 0 aromatic heterocycles. The zero-order valence-corrected chi connectivity index (χ0v) is 13.2. The van der Waals surface area contributed by atoms with Crippen molar-refractivity contribution in [3.63, 3.8) is 0 Å². The van der Waals surface area contributed by atoms with Gasteiger partial charge in [0.15, 0.2) is 0 Å². The average Bonchev–Trinajstić information content (AvgIpc) is 2.73. The van der Waals surface area contributed by atoms with Gasteiger partial charge in [-0.15, -0.1) is 0 Å². The normalized spacial score (nSPS) is 20.2. The molecule has 1 atom stereocenters. The molecule has 1 aromatic rings. The predicted molar refractivity (Wildman–Crippen MR) is 83.5 cm³/mol. The minimum absolute atomic E-state index is 0.251. The summed E-state index contributed by atoms with van der Waals surface area (Å²) in [7, 11) is 3.38. The number of aliphatic hydroxyl groups excluding tert-OH is 1. The first-order chi connectivity index (χ1) is 10.3. The minimum Gasteiger partial charge on any atom is -0.496 e. The molecule has 1 aliphatic rings. The lowest BCUT2D eigenvalue weighted by Crippen LogP contribution is -2.36. The Morgan fingerprint density at radius 1 is 1.24 bits per heavy atom. The number of benzene rings is 1.